The van der Waals surface area contributed by atoms with Gasteiger partial charge in [0.1, 0.15) is 0 Å². The number of carbonyl (C=O) groups excluding carboxylic acids is 2. The van der Waals surface area contributed by atoms with Crippen molar-refractivity contribution in [2.75, 3.05) is 11.9 Å². The van der Waals surface area contributed by atoms with Crippen LogP contribution in [0.15, 0.2) is 60.7 Å². The predicted molar refractivity (Wildman–Crippen MR) is 102 cm³/mol. The molecule has 0 spiro atoms. The average Bonchev–Trinajstić information content (AvgIpc) is 2.59. The molecule has 2 aromatic carbocycles. The van der Waals surface area contributed by atoms with Gasteiger partial charge in [-0.2, -0.15) is 0 Å². The summed E-state index contributed by atoms with van der Waals surface area (Å²) in [6.07, 6.45) is 3.21. The Morgan fingerprint density at radius 3 is 2.20 bits per heavy atom. The van der Waals surface area contributed by atoms with Gasteiger partial charge in [0.15, 0.2) is 5.78 Å². The number of hydrogen-bond acceptors (Lipinski definition) is 2. The molecule has 0 unspecified atom stereocenters. The predicted octanol–water partition coefficient (Wildman–Crippen LogP) is 4.74. The van der Waals surface area contributed by atoms with Crippen molar-refractivity contribution >= 4 is 23.0 Å². The van der Waals surface area contributed by atoms with Gasteiger partial charge in [0.25, 0.3) is 5.91 Å². The number of anilines is 1. The van der Waals surface area contributed by atoms with Crippen LogP contribution in [0, 0.1) is 5.41 Å². The highest BCUT2D eigenvalue weighted by Crippen LogP contribution is 2.38. The van der Waals surface area contributed by atoms with Crippen molar-refractivity contribution in [2.24, 2.45) is 5.41 Å². The van der Waals surface area contributed by atoms with Gasteiger partial charge in [-0.1, -0.05) is 44.2 Å². The molecule has 1 aliphatic carbocycles. The number of amides is 1. The van der Waals surface area contributed by atoms with Gasteiger partial charge in [-0.05, 0) is 53.3 Å². The summed E-state index contributed by atoms with van der Waals surface area (Å²) in [7, 11) is 1.77. The Balaban J connectivity index is 1.81. The summed E-state index contributed by atoms with van der Waals surface area (Å²) < 4.78 is 0. The van der Waals surface area contributed by atoms with E-state index in [1.807, 2.05) is 54.6 Å². The van der Waals surface area contributed by atoms with E-state index in [0.717, 1.165) is 23.2 Å². The van der Waals surface area contributed by atoms with Crippen molar-refractivity contribution in [1.82, 2.24) is 0 Å². The van der Waals surface area contributed by atoms with E-state index >= 15 is 0 Å². The van der Waals surface area contributed by atoms with Gasteiger partial charge in [-0.15, -0.1) is 0 Å². The molecule has 0 aliphatic heterocycles. The first-order chi connectivity index (χ1) is 11.9. The standard InChI is InChI=1S/C22H23NO2/c1-22(2)14-18(13-20(24)15-22)16-9-11-17(12-10-16)21(25)23(3)19-7-5-4-6-8-19/h4-13H,14-15H2,1-3H3. The Bertz CT molecular complexity index is 817. The van der Waals surface area contributed by atoms with Crippen molar-refractivity contribution in [3.05, 3.63) is 71.8 Å². The number of hydrogen-bond donors (Lipinski definition) is 0. The van der Waals surface area contributed by atoms with Crippen LogP contribution in [-0.2, 0) is 4.79 Å². The Labute approximate surface area is 149 Å². The highest BCUT2D eigenvalue weighted by Gasteiger charge is 2.28. The van der Waals surface area contributed by atoms with Gasteiger partial charge in [0.2, 0.25) is 0 Å². The van der Waals surface area contributed by atoms with E-state index in [0.29, 0.717) is 12.0 Å². The number of ketones is 1. The topological polar surface area (TPSA) is 37.4 Å². The molecule has 0 saturated carbocycles. The van der Waals surface area contributed by atoms with Gasteiger partial charge < -0.3 is 4.90 Å². The average molecular weight is 333 g/mol. The van der Waals surface area contributed by atoms with E-state index in [2.05, 4.69) is 13.8 Å². The minimum atomic E-state index is -0.0493. The maximum atomic E-state index is 12.6. The third kappa shape index (κ3) is 3.87. The summed E-state index contributed by atoms with van der Waals surface area (Å²) in [5.74, 6) is 0.127. The lowest BCUT2D eigenvalue weighted by atomic mass is 9.75. The fraction of sp³-hybridized carbons (Fsp3) is 0.273. The van der Waals surface area contributed by atoms with Gasteiger partial charge in [-0.3, -0.25) is 9.59 Å². The molecule has 3 rings (SSSR count). The van der Waals surface area contributed by atoms with Crippen LogP contribution < -0.4 is 4.90 Å². The summed E-state index contributed by atoms with van der Waals surface area (Å²) in [5, 5.41) is 0. The zero-order valence-electron chi connectivity index (χ0n) is 15.0. The smallest absolute Gasteiger partial charge is 0.258 e. The zero-order valence-corrected chi connectivity index (χ0v) is 15.0. The molecule has 0 heterocycles. The number of allylic oxidation sites excluding steroid dienone is 2. The van der Waals surface area contributed by atoms with Gasteiger partial charge >= 0.3 is 0 Å². The Kier molecular flexibility index (Phi) is 4.58. The largest absolute Gasteiger partial charge is 0.311 e. The fourth-order valence-electron chi connectivity index (χ4n) is 3.32. The number of benzene rings is 2. The molecule has 2 aromatic rings. The Morgan fingerprint density at radius 1 is 0.960 bits per heavy atom. The number of nitrogens with zero attached hydrogens (tertiary/aromatic N) is 1. The molecule has 0 aromatic heterocycles. The molecule has 1 aliphatic rings. The second-order valence-electron chi connectivity index (χ2n) is 7.43. The minimum absolute atomic E-state index is 0.0107. The molecular weight excluding hydrogens is 310 g/mol. The lowest BCUT2D eigenvalue weighted by Gasteiger charge is -2.29. The summed E-state index contributed by atoms with van der Waals surface area (Å²) in [6, 6.07) is 17.1. The van der Waals surface area contributed by atoms with Crippen molar-refractivity contribution in [3.63, 3.8) is 0 Å². The third-order valence-corrected chi connectivity index (χ3v) is 4.61. The number of rotatable bonds is 3. The fourth-order valence-corrected chi connectivity index (χ4v) is 3.32. The van der Waals surface area contributed by atoms with E-state index in [1.165, 1.54) is 0 Å². The summed E-state index contributed by atoms with van der Waals surface area (Å²) >= 11 is 0. The highest BCUT2D eigenvalue weighted by atomic mass is 16.2. The molecule has 128 valence electrons. The normalized spacial score (nSPS) is 16.3. The van der Waals surface area contributed by atoms with Crippen molar-refractivity contribution < 1.29 is 9.59 Å². The lowest BCUT2D eigenvalue weighted by Crippen LogP contribution is -2.26. The zero-order chi connectivity index (χ0) is 18.0. The molecule has 3 nitrogen and oxygen atoms in total. The monoisotopic (exact) mass is 333 g/mol. The lowest BCUT2D eigenvalue weighted by molar-refractivity contribution is -0.116. The molecular formula is C22H23NO2. The van der Waals surface area contributed by atoms with Crippen molar-refractivity contribution in [2.45, 2.75) is 26.7 Å². The maximum absolute atomic E-state index is 12.6. The van der Waals surface area contributed by atoms with E-state index in [4.69, 9.17) is 0 Å². The summed E-state index contributed by atoms with van der Waals surface area (Å²) in [4.78, 5) is 26.2. The van der Waals surface area contributed by atoms with E-state index in [1.54, 1.807) is 18.0 Å². The van der Waals surface area contributed by atoms with E-state index in [-0.39, 0.29) is 17.1 Å². The van der Waals surface area contributed by atoms with Crippen LogP contribution in [0.25, 0.3) is 5.57 Å². The van der Waals surface area contributed by atoms with Crippen LogP contribution in [0.5, 0.6) is 0 Å². The van der Waals surface area contributed by atoms with Crippen LogP contribution in [0.3, 0.4) is 0 Å². The molecule has 0 fully saturated rings. The summed E-state index contributed by atoms with van der Waals surface area (Å²) in [6.45, 7) is 4.23. The second-order valence-corrected chi connectivity index (χ2v) is 7.43. The first-order valence-corrected chi connectivity index (χ1v) is 8.53. The van der Waals surface area contributed by atoms with Gasteiger partial charge in [0, 0.05) is 24.7 Å². The Morgan fingerprint density at radius 2 is 1.60 bits per heavy atom. The van der Waals surface area contributed by atoms with Crippen LogP contribution in [0.2, 0.25) is 0 Å². The quantitative estimate of drug-likeness (QED) is 0.814. The molecule has 3 heteroatoms. The minimum Gasteiger partial charge on any atom is -0.311 e. The van der Waals surface area contributed by atoms with E-state index < -0.39 is 0 Å². The van der Waals surface area contributed by atoms with Crippen molar-refractivity contribution in [1.29, 1.82) is 0 Å². The van der Waals surface area contributed by atoms with Gasteiger partial charge in [0.05, 0.1) is 0 Å². The molecule has 0 saturated heterocycles. The molecule has 0 N–H and O–H groups in total. The SMILES string of the molecule is CN(C(=O)c1ccc(C2=CC(=O)CC(C)(C)C2)cc1)c1ccccc1. The maximum Gasteiger partial charge on any atom is 0.258 e. The van der Waals surface area contributed by atoms with Crippen LogP contribution in [-0.4, -0.2) is 18.7 Å². The van der Waals surface area contributed by atoms with Gasteiger partial charge in [-0.25, -0.2) is 0 Å². The first kappa shape index (κ1) is 17.2. The first-order valence-electron chi connectivity index (χ1n) is 8.53. The molecule has 1 amide bonds. The highest BCUT2D eigenvalue weighted by molar-refractivity contribution is 6.06. The van der Waals surface area contributed by atoms with Crippen LogP contribution in [0.1, 0.15) is 42.6 Å². The second kappa shape index (κ2) is 6.67. The summed E-state index contributed by atoms with van der Waals surface area (Å²) in [5.41, 5.74) is 3.55. The Hall–Kier alpha value is -2.68. The van der Waals surface area contributed by atoms with Crippen molar-refractivity contribution in [3.8, 4) is 0 Å². The van der Waals surface area contributed by atoms with Crippen LogP contribution >= 0.6 is 0 Å². The molecule has 0 radical (unpaired) electrons. The molecule has 25 heavy (non-hydrogen) atoms. The number of para-hydroxylation sites is 1. The van der Waals surface area contributed by atoms with Crippen LogP contribution in [0.4, 0.5) is 5.69 Å². The number of carbonyl (C=O) groups is 2. The third-order valence-electron chi connectivity index (χ3n) is 4.61. The van der Waals surface area contributed by atoms with E-state index in [9.17, 15) is 9.59 Å². The molecule has 0 bridgehead atoms. The molecule has 0 atom stereocenters.